The number of hydrogen-bond acceptors (Lipinski definition) is 3. The smallest absolute Gasteiger partial charge is 0.226 e. The minimum absolute atomic E-state index is 0.728. The lowest BCUT2D eigenvalue weighted by Gasteiger charge is -2.12. The van der Waals surface area contributed by atoms with Gasteiger partial charge in [-0.2, -0.15) is 0 Å². The third kappa shape index (κ3) is 3.13. The number of nitrogens with zero attached hydrogens (tertiary/aromatic N) is 2. The number of hydrogen-bond donors (Lipinski definition) is 0. The fraction of sp³-hybridized carbons (Fsp3) is 0.438. The zero-order valence-electron chi connectivity index (χ0n) is 11.7. The summed E-state index contributed by atoms with van der Waals surface area (Å²) in [6.45, 7) is 5.56. The average Bonchev–Trinajstić information content (AvgIpc) is 3.07. The van der Waals surface area contributed by atoms with Crippen LogP contribution in [0, 0.1) is 6.92 Å². The first kappa shape index (κ1) is 13.8. The van der Waals surface area contributed by atoms with Crippen LogP contribution in [0.5, 0.6) is 0 Å². The summed E-state index contributed by atoms with van der Waals surface area (Å²) in [7, 11) is 0. The second-order valence-corrected chi connectivity index (χ2v) is 6.24. The highest BCUT2D eigenvalue weighted by Gasteiger charge is 2.15. The van der Waals surface area contributed by atoms with Crippen molar-refractivity contribution in [3.8, 4) is 11.5 Å². The maximum Gasteiger partial charge on any atom is 0.226 e. The summed E-state index contributed by atoms with van der Waals surface area (Å²) < 4.78 is 6.88. The minimum atomic E-state index is 0.728. The molecule has 1 fully saturated rings. The van der Waals surface area contributed by atoms with Crippen molar-refractivity contribution >= 4 is 15.9 Å². The molecule has 0 bridgehead atoms. The van der Waals surface area contributed by atoms with Crippen LogP contribution in [-0.2, 0) is 6.42 Å². The van der Waals surface area contributed by atoms with Crippen molar-refractivity contribution in [3.05, 3.63) is 40.2 Å². The Balaban J connectivity index is 1.71. The van der Waals surface area contributed by atoms with Gasteiger partial charge >= 0.3 is 0 Å². The van der Waals surface area contributed by atoms with Gasteiger partial charge in [0.05, 0.1) is 5.69 Å². The topological polar surface area (TPSA) is 29.3 Å². The molecule has 0 N–H and O–H groups in total. The molecule has 4 heteroatoms. The van der Waals surface area contributed by atoms with Crippen LogP contribution in [0.3, 0.4) is 0 Å². The van der Waals surface area contributed by atoms with E-state index in [0.29, 0.717) is 0 Å². The average molecular weight is 335 g/mol. The molecule has 0 atom stereocenters. The Hall–Kier alpha value is -1.13. The highest BCUT2D eigenvalue weighted by Crippen LogP contribution is 2.24. The Bertz CT molecular complexity index is 571. The summed E-state index contributed by atoms with van der Waals surface area (Å²) in [5.74, 6) is 1.67. The number of likely N-dealkylation sites (tertiary alicyclic amines) is 1. The number of rotatable bonds is 4. The van der Waals surface area contributed by atoms with E-state index in [2.05, 4.69) is 25.8 Å². The lowest BCUT2D eigenvalue weighted by atomic mass is 10.2. The molecule has 3 nitrogen and oxygen atoms in total. The number of benzene rings is 1. The van der Waals surface area contributed by atoms with Gasteiger partial charge in [0.2, 0.25) is 5.89 Å². The normalized spacial score (nSPS) is 15.9. The van der Waals surface area contributed by atoms with Gasteiger partial charge in [-0.25, -0.2) is 4.98 Å². The second kappa shape index (κ2) is 6.10. The van der Waals surface area contributed by atoms with Gasteiger partial charge in [0.15, 0.2) is 0 Å². The fourth-order valence-electron chi connectivity index (χ4n) is 2.65. The van der Waals surface area contributed by atoms with Gasteiger partial charge in [0, 0.05) is 23.0 Å². The van der Waals surface area contributed by atoms with E-state index in [1.807, 2.05) is 31.2 Å². The molecular weight excluding hydrogens is 316 g/mol. The summed E-state index contributed by atoms with van der Waals surface area (Å²) in [6, 6.07) is 8.08. The lowest BCUT2D eigenvalue weighted by molar-refractivity contribution is 0.341. The van der Waals surface area contributed by atoms with E-state index < -0.39 is 0 Å². The van der Waals surface area contributed by atoms with Crippen molar-refractivity contribution < 1.29 is 4.42 Å². The quantitative estimate of drug-likeness (QED) is 0.844. The Kier molecular flexibility index (Phi) is 4.22. The molecule has 1 aliphatic heterocycles. The first-order valence-electron chi connectivity index (χ1n) is 7.17. The molecule has 106 valence electrons. The minimum Gasteiger partial charge on any atom is -0.441 e. The molecule has 1 aliphatic rings. The third-order valence-corrected chi connectivity index (χ3v) is 4.38. The largest absolute Gasteiger partial charge is 0.441 e. The SMILES string of the molecule is Cc1oc(-c2ccc(Br)cc2)nc1CCN1CCCC1. The van der Waals surface area contributed by atoms with Crippen LogP contribution in [0.15, 0.2) is 33.2 Å². The van der Waals surface area contributed by atoms with E-state index in [4.69, 9.17) is 4.42 Å². The molecule has 2 heterocycles. The highest BCUT2D eigenvalue weighted by molar-refractivity contribution is 9.10. The van der Waals surface area contributed by atoms with Crippen LogP contribution in [0.2, 0.25) is 0 Å². The van der Waals surface area contributed by atoms with Crippen LogP contribution in [0.25, 0.3) is 11.5 Å². The van der Waals surface area contributed by atoms with E-state index >= 15 is 0 Å². The van der Waals surface area contributed by atoms with Gasteiger partial charge in [-0.05, 0) is 57.1 Å². The van der Waals surface area contributed by atoms with Crippen LogP contribution in [0.1, 0.15) is 24.3 Å². The van der Waals surface area contributed by atoms with Crippen molar-refractivity contribution in [1.82, 2.24) is 9.88 Å². The predicted molar refractivity (Wildman–Crippen MR) is 83.8 cm³/mol. The molecule has 20 heavy (non-hydrogen) atoms. The van der Waals surface area contributed by atoms with Gasteiger partial charge in [-0.15, -0.1) is 0 Å². The van der Waals surface area contributed by atoms with Crippen LogP contribution < -0.4 is 0 Å². The van der Waals surface area contributed by atoms with Crippen molar-refractivity contribution in [2.45, 2.75) is 26.2 Å². The van der Waals surface area contributed by atoms with Crippen molar-refractivity contribution in [2.24, 2.45) is 0 Å². The molecule has 0 spiro atoms. The van der Waals surface area contributed by atoms with Crippen LogP contribution in [-0.4, -0.2) is 29.5 Å². The van der Waals surface area contributed by atoms with Crippen LogP contribution in [0.4, 0.5) is 0 Å². The third-order valence-electron chi connectivity index (χ3n) is 3.85. The lowest BCUT2D eigenvalue weighted by Crippen LogP contribution is -2.22. The summed E-state index contributed by atoms with van der Waals surface area (Å²) in [5, 5.41) is 0. The maximum atomic E-state index is 5.81. The first-order valence-corrected chi connectivity index (χ1v) is 7.96. The summed E-state index contributed by atoms with van der Waals surface area (Å²) >= 11 is 3.44. The van der Waals surface area contributed by atoms with Gasteiger partial charge in [-0.1, -0.05) is 15.9 Å². The summed E-state index contributed by atoms with van der Waals surface area (Å²) in [4.78, 5) is 7.17. The predicted octanol–water partition coefficient (Wildman–Crippen LogP) is 4.05. The molecule has 0 unspecified atom stereocenters. The number of oxazole rings is 1. The Labute approximate surface area is 128 Å². The molecular formula is C16H19BrN2O. The van der Waals surface area contributed by atoms with Crippen LogP contribution >= 0.6 is 15.9 Å². The Morgan fingerprint density at radius 3 is 2.60 bits per heavy atom. The van der Waals surface area contributed by atoms with Gasteiger partial charge in [0.25, 0.3) is 0 Å². The Morgan fingerprint density at radius 2 is 1.90 bits per heavy atom. The van der Waals surface area contributed by atoms with E-state index in [0.717, 1.165) is 40.3 Å². The summed E-state index contributed by atoms with van der Waals surface area (Å²) in [6.07, 6.45) is 3.65. The van der Waals surface area contributed by atoms with Gasteiger partial charge in [-0.3, -0.25) is 0 Å². The van der Waals surface area contributed by atoms with E-state index in [1.165, 1.54) is 25.9 Å². The molecule has 1 saturated heterocycles. The number of aromatic nitrogens is 1. The summed E-state index contributed by atoms with van der Waals surface area (Å²) in [5.41, 5.74) is 2.12. The molecule has 1 aromatic heterocycles. The van der Waals surface area contributed by atoms with E-state index in [-0.39, 0.29) is 0 Å². The monoisotopic (exact) mass is 334 g/mol. The maximum absolute atomic E-state index is 5.81. The fourth-order valence-corrected chi connectivity index (χ4v) is 2.91. The number of aryl methyl sites for hydroxylation is 1. The molecule has 0 aliphatic carbocycles. The zero-order valence-corrected chi connectivity index (χ0v) is 13.3. The number of halogens is 1. The van der Waals surface area contributed by atoms with E-state index in [9.17, 15) is 0 Å². The van der Waals surface area contributed by atoms with Crippen molar-refractivity contribution in [2.75, 3.05) is 19.6 Å². The second-order valence-electron chi connectivity index (χ2n) is 5.33. The van der Waals surface area contributed by atoms with Gasteiger partial charge < -0.3 is 9.32 Å². The molecule has 1 aromatic carbocycles. The molecule has 0 amide bonds. The van der Waals surface area contributed by atoms with E-state index in [1.54, 1.807) is 0 Å². The molecule has 3 rings (SSSR count). The molecule has 0 saturated carbocycles. The Morgan fingerprint density at radius 1 is 1.20 bits per heavy atom. The highest BCUT2D eigenvalue weighted by atomic mass is 79.9. The molecule has 0 radical (unpaired) electrons. The zero-order chi connectivity index (χ0) is 13.9. The van der Waals surface area contributed by atoms with Crippen molar-refractivity contribution in [1.29, 1.82) is 0 Å². The first-order chi connectivity index (χ1) is 9.72. The van der Waals surface area contributed by atoms with Crippen molar-refractivity contribution in [3.63, 3.8) is 0 Å². The standard InChI is InChI=1S/C16H19BrN2O/c1-12-15(8-11-19-9-2-3-10-19)18-16(20-12)13-4-6-14(17)7-5-13/h4-7H,2-3,8-11H2,1H3. The molecule has 2 aromatic rings. The van der Waals surface area contributed by atoms with Gasteiger partial charge in [0.1, 0.15) is 5.76 Å².